The molecule has 4 aromatic rings. The van der Waals surface area contributed by atoms with Crippen molar-refractivity contribution in [1.29, 1.82) is 0 Å². The van der Waals surface area contributed by atoms with Crippen LogP contribution in [0.2, 0.25) is 0 Å². The number of ether oxygens (including phenoxy) is 1. The number of rotatable bonds is 9. The highest BCUT2D eigenvalue weighted by molar-refractivity contribution is 5.91. The molecule has 1 amide bonds. The van der Waals surface area contributed by atoms with Gasteiger partial charge in [-0.1, -0.05) is 53.7 Å². The Kier molecular flexibility index (Phi) is 6.92. The summed E-state index contributed by atoms with van der Waals surface area (Å²) >= 11 is 0. The number of hydrogen-bond donors (Lipinski definition) is 1. The first-order valence-corrected chi connectivity index (χ1v) is 10.7. The Labute approximate surface area is 187 Å². The number of nitrogens with one attached hydrogen (secondary N) is 1. The van der Waals surface area contributed by atoms with E-state index in [9.17, 15) is 4.79 Å². The molecule has 0 unspecified atom stereocenters. The standard InChI is InChI=1S/C26H25N3O3/c1-2-31-22-14-12-20(13-15-22)26-28-25(32-29-26)17-16-24(30)27-23-11-7-6-10-21(23)18-19-8-4-3-5-9-19/h3-15H,2,16-18H2,1H3,(H,27,30). The largest absolute Gasteiger partial charge is 0.494 e. The van der Waals surface area contributed by atoms with Crippen molar-refractivity contribution in [3.8, 4) is 17.1 Å². The lowest BCUT2D eigenvalue weighted by Crippen LogP contribution is -2.14. The minimum Gasteiger partial charge on any atom is -0.494 e. The molecule has 0 fully saturated rings. The summed E-state index contributed by atoms with van der Waals surface area (Å²) in [5.74, 6) is 1.63. The number of nitrogens with zero attached hydrogens (tertiary/aromatic N) is 2. The molecule has 0 radical (unpaired) electrons. The van der Waals surface area contributed by atoms with Gasteiger partial charge in [-0.05, 0) is 54.8 Å². The third-order valence-electron chi connectivity index (χ3n) is 4.99. The van der Waals surface area contributed by atoms with Crippen molar-refractivity contribution in [3.63, 3.8) is 0 Å². The molecule has 1 heterocycles. The molecule has 6 nitrogen and oxygen atoms in total. The first-order chi connectivity index (χ1) is 15.7. The summed E-state index contributed by atoms with van der Waals surface area (Å²) in [6, 6.07) is 25.6. The summed E-state index contributed by atoms with van der Waals surface area (Å²) in [7, 11) is 0. The van der Waals surface area contributed by atoms with Crippen LogP contribution in [0.4, 0.5) is 5.69 Å². The highest BCUT2D eigenvalue weighted by Crippen LogP contribution is 2.21. The number of anilines is 1. The average molecular weight is 428 g/mol. The van der Waals surface area contributed by atoms with Crippen LogP contribution in [0.5, 0.6) is 5.75 Å². The molecule has 162 valence electrons. The highest BCUT2D eigenvalue weighted by Gasteiger charge is 2.12. The summed E-state index contributed by atoms with van der Waals surface area (Å²) in [5.41, 5.74) is 3.93. The van der Waals surface area contributed by atoms with Gasteiger partial charge in [-0.25, -0.2) is 0 Å². The smallest absolute Gasteiger partial charge is 0.227 e. The van der Waals surface area contributed by atoms with Crippen LogP contribution in [0.1, 0.15) is 30.4 Å². The lowest BCUT2D eigenvalue weighted by molar-refractivity contribution is -0.116. The van der Waals surface area contributed by atoms with Gasteiger partial charge in [0.15, 0.2) is 0 Å². The Bertz CT molecular complexity index is 1150. The third kappa shape index (κ3) is 5.60. The Morgan fingerprint density at radius 2 is 1.72 bits per heavy atom. The molecule has 3 aromatic carbocycles. The summed E-state index contributed by atoms with van der Waals surface area (Å²) < 4.78 is 10.8. The second kappa shape index (κ2) is 10.4. The van der Waals surface area contributed by atoms with E-state index in [1.807, 2.05) is 73.7 Å². The van der Waals surface area contributed by atoms with Crippen molar-refractivity contribution in [2.24, 2.45) is 0 Å². The summed E-state index contributed by atoms with van der Waals surface area (Å²) in [6.45, 7) is 2.56. The molecule has 6 heteroatoms. The maximum absolute atomic E-state index is 12.6. The van der Waals surface area contributed by atoms with Crippen LogP contribution < -0.4 is 10.1 Å². The van der Waals surface area contributed by atoms with Gasteiger partial charge in [0.05, 0.1) is 6.61 Å². The van der Waals surface area contributed by atoms with Crippen LogP contribution in [0, 0.1) is 0 Å². The first-order valence-electron chi connectivity index (χ1n) is 10.7. The van der Waals surface area contributed by atoms with Crippen LogP contribution in [0.25, 0.3) is 11.4 Å². The molecule has 1 N–H and O–H groups in total. The zero-order valence-electron chi connectivity index (χ0n) is 18.0. The van der Waals surface area contributed by atoms with Crippen molar-refractivity contribution in [1.82, 2.24) is 10.1 Å². The maximum atomic E-state index is 12.6. The molecule has 0 spiro atoms. The van der Waals surface area contributed by atoms with Gasteiger partial charge >= 0.3 is 0 Å². The van der Waals surface area contributed by atoms with Crippen LogP contribution >= 0.6 is 0 Å². The van der Waals surface area contributed by atoms with E-state index in [4.69, 9.17) is 9.26 Å². The SMILES string of the molecule is CCOc1ccc(-c2noc(CCC(=O)Nc3ccccc3Cc3ccccc3)n2)cc1. The van der Waals surface area contributed by atoms with Gasteiger partial charge in [0.25, 0.3) is 0 Å². The topological polar surface area (TPSA) is 77.2 Å². The van der Waals surface area contributed by atoms with Crippen molar-refractivity contribution >= 4 is 11.6 Å². The molecule has 32 heavy (non-hydrogen) atoms. The second-order valence-electron chi connectivity index (χ2n) is 7.34. The first kappa shape index (κ1) is 21.3. The normalized spacial score (nSPS) is 10.7. The molecule has 0 aliphatic heterocycles. The molecule has 1 aromatic heterocycles. The van der Waals surface area contributed by atoms with Crippen LogP contribution in [0.3, 0.4) is 0 Å². The number of hydrogen-bond acceptors (Lipinski definition) is 5. The molecule has 0 bridgehead atoms. The van der Waals surface area contributed by atoms with Crippen molar-refractivity contribution < 1.29 is 14.1 Å². The molecule has 0 aliphatic carbocycles. The van der Waals surface area contributed by atoms with Gasteiger partial charge in [-0.2, -0.15) is 4.98 Å². The predicted molar refractivity (Wildman–Crippen MR) is 124 cm³/mol. The molecular weight excluding hydrogens is 402 g/mol. The molecule has 0 aliphatic rings. The molecule has 0 saturated heterocycles. The van der Waals surface area contributed by atoms with Gasteiger partial charge in [0.1, 0.15) is 5.75 Å². The minimum absolute atomic E-state index is 0.0914. The van der Waals surface area contributed by atoms with Gasteiger partial charge in [0.2, 0.25) is 17.6 Å². The molecular formula is C26H25N3O3. The van der Waals surface area contributed by atoms with Crippen LogP contribution in [-0.4, -0.2) is 22.7 Å². The van der Waals surface area contributed by atoms with Crippen molar-refractivity contribution in [3.05, 3.63) is 95.9 Å². The van der Waals surface area contributed by atoms with Crippen LogP contribution in [0.15, 0.2) is 83.4 Å². The summed E-state index contributed by atoms with van der Waals surface area (Å²) in [5, 5.41) is 7.04. The Morgan fingerprint density at radius 3 is 2.50 bits per heavy atom. The van der Waals surface area contributed by atoms with E-state index >= 15 is 0 Å². The average Bonchev–Trinajstić information content (AvgIpc) is 3.30. The van der Waals surface area contributed by atoms with E-state index < -0.39 is 0 Å². The van der Waals surface area contributed by atoms with Gasteiger partial charge in [-0.15, -0.1) is 0 Å². The zero-order chi connectivity index (χ0) is 22.2. The van der Waals surface area contributed by atoms with Gasteiger partial charge in [-0.3, -0.25) is 4.79 Å². The fourth-order valence-corrected chi connectivity index (χ4v) is 3.39. The Hall–Kier alpha value is -3.93. The Morgan fingerprint density at radius 1 is 0.969 bits per heavy atom. The third-order valence-corrected chi connectivity index (χ3v) is 4.99. The quantitative estimate of drug-likeness (QED) is 0.392. The van der Waals surface area contributed by atoms with E-state index in [1.165, 1.54) is 5.56 Å². The fourth-order valence-electron chi connectivity index (χ4n) is 3.39. The lowest BCUT2D eigenvalue weighted by atomic mass is 10.0. The van der Waals surface area contributed by atoms with E-state index in [2.05, 4.69) is 27.6 Å². The number of para-hydroxylation sites is 1. The van der Waals surface area contributed by atoms with E-state index in [-0.39, 0.29) is 12.3 Å². The highest BCUT2D eigenvalue weighted by atomic mass is 16.5. The number of aryl methyl sites for hydroxylation is 1. The molecule has 0 atom stereocenters. The summed E-state index contributed by atoms with van der Waals surface area (Å²) in [6.07, 6.45) is 1.38. The van der Waals surface area contributed by atoms with Gasteiger partial charge < -0.3 is 14.6 Å². The Balaban J connectivity index is 1.34. The van der Waals surface area contributed by atoms with E-state index in [0.29, 0.717) is 24.7 Å². The minimum atomic E-state index is -0.0914. The van der Waals surface area contributed by atoms with Crippen LogP contribution in [-0.2, 0) is 17.6 Å². The van der Waals surface area contributed by atoms with E-state index in [0.717, 1.165) is 29.0 Å². The second-order valence-corrected chi connectivity index (χ2v) is 7.34. The van der Waals surface area contributed by atoms with Crippen molar-refractivity contribution in [2.75, 3.05) is 11.9 Å². The molecule has 4 rings (SSSR count). The predicted octanol–water partition coefficient (Wildman–Crippen LogP) is 5.30. The number of carbonyl (C=O) groups is 1. The monoisotopic (exact) mass is 427 g/mol. The van der Waals surface area contributed by atoms with Gasteiger partial charge in [0, 0.05) is 24.1 Å². The molecule has 0 saturated carbocycles. The summed E-state index contributed by atoms with van der Waals surface area (Å²) in [4.78, 5) is 17.0. The lowest BCUT2D eigenvalue weighted by Gasteiger charge is -2.11. The zero-order valence-corrected chi connectivity index (χ0v) is 18.0. The number of carbonyl (C=O) groups excluding carboxylic acids is 1. The number of amides is 1. The fraction of sp³-hybridized carbons (Fsp3) is 0.192. The maximum Gasteiger partial charge on any atom is 0.227 e. The number of benzene rings is 3. The van der Waals surface area contributed by atoms with Crippen molar-refractivity contribution in [2.45, 2.75) is 26.2 Å². The number of aromatic nitrogens is 2. The van der Waals surface area contributed by atoms with E-state index in [1.54, 1.807) is 0 Å².